The average Bonchev–Trinajstić information content (AvgIpc) is 3.27. The van der Waals surface area contributed by atoms with Crippen molar-refractivity contribution in [3.8, 4) is 6.07 Å². The molecule has 1 amide bonds. The Balaban J connectivity index is 1.94. The van der Waals surface area contributed by atoms with Crippen LogP contribution in [0, 0.1) is 25.2 Å². The maximum absolute atomic E-state index is 13.0. The van der Waals surface area contributed by atoms with Gasteiger partial charge in [-0.3, -0.25) is 9.59 Å². The molecule has 0 aliphatic heterocycles. The zero-order chi connectivity index (χ0) is 22.9. The number of carbonyl (C=O) groups is 1. The van der Waals surface area contributed by atoms with Gasteiger partial charge in [0, 0.05) is 11.9 Å². The average molecular weight is 453 g/mol. The maximum Gasteiger partial charge on any atom is 0.417 e. The summed E-state index contributed by atoms with van der Waals surface area (Å²) in [5.41, 5.74) is -0.572. The molecule has 3 aromatic heterocycles. The first-order valence-electron chi connectivity index (χ1n) is 8.92. The molecule has 7 nitrogen and oxygen atoms in total. The van der Waals surface area contributed by atoms with Crippen molar-refractivity contribution in [2.24, 2.45) is 0 Å². The lowest BCUT2D eigenvalue weighted by Crippen LogP contribution is -2.29. The molecule has 3 heterocycles. The first kappa shape index (κ1) is 22.2. The lowest BCUT2D eigenvalue weighted by molar-refractivity contribution is -0.138. The Hall–Kier alpha value is -3.45. The van der Waals surface area contributed by atoms with E-state index in [1.54, 1.807) is 30.5 Å². The van der Waals surface area contributed by atoms with Crippen LogP contribution in [0.3, 0.4) is 0 Å². The van der Waals surface area contributed by atoms with Crippen LogP contribution in [-0.2, 0) is 24.1 Å². The predicted octanol–water partition coefficient (Wildman–Crippen LogP) is 4.09. The van der Waals surface area contributed by atoms with Crippen LogP contribution in [0.25, 0.3) is 0 Å². The fraction of sp³-hybridized carbons (Fsp3) is 0.250. The van der Waals surface area contributed by atoms with E-state index in [1.165, 1.54) is 6.26 Å². The maximum atomic E-state index is 13.0. The fourth-order valence-corrected chi connectivity index (χ4v) is 3.31. The molecule has 0 saturated heterocycles. The Morgan fingerprint density at radius 2 is 2.06 bits per heavy atom. The van der Waals surface area contributed by atoms with Crippen molar-refractivity contribution in [2.75, 3.05) is 5.32 Å². The van der Waals surface area contributed by atoms with Crippen molar-refractivity contribution in [1.82, 2.24) is 9.13 Å². The molecule has 162 valence electrons. The normalized spacial score (nSPS) is 11.4. The second-order valence-electron chi connectivity index (χ2n) is 6.77. The summed E-state index contributed by atoms with van der Waals surface area (Å²) < 4.78 is 46.6. The van der Waals surface area contributed by atoms with Crippen molar-refractivity contribution >= 4 is 23.3 Å². The quantitative estimate of drug-likeness (QED) is 0.631. The van der Waals surface area contributed by atoms with E-state index >= 15 is 0 Å². The van der Waals surface area contributed by atoms with Crippen molar-refractivity contribution in [3.05, 3.63) is 74.2 Å². The number of pyridine rings is 1. The molecular formula is C20H16ClF3N4O3. The Morgan fingerprint density at radius 3 is 2.65 bits per heavy atom. The van der Waals surface area contributed by atoms with Crippen LogP contribution in [0.5, 0.6) is 0 Å². The molecule has 0 bridgehead atoms. The number of aromatic nitrogens is 2. The monoisotopic (exact) mass is 452 g/mol. The number of halogens is 4. The number of nitriles is 1. The topological polar surface area (TPSA) is 93.0 Å². The number of nitrogens with one attached hydrogen (secondary N) is 1. The van der Waals surface area contributed by atoms with E-state index in [4.69, 9.17) is 16.0 Å². The van der Waals surface area contributed by atoms with Gasteiger partial charge in [0.15, 0.2) is 0 Å². The Kier molecular flexibility index (Phi) is 5.99. The number of anilines is 1. The summed E-state index contributed by atoms with van der Waals surface area (Å²) in [4.78, 5) is 24.7. The SMILES string of the molecule is Cc1c(C#N)c(NC(=O)Cn2cc(C(F)(F)F)cc(Cl)c2=O)n(Cc2ccco2)c1C. The smallest absolute Gasteiger partial charge is 0.417 e. The van der Waals surface area contributed by atoms with E-state index in [0.717, 1.165) is 0 Å². The molecule has 0 unspecified atom stereocenters. The highest BCUT2D eigenvalue weighted by atomic mass is 35.5. The van der Waals surface area contributed by atoms with Crippen LogP contribution in [0.1, 0.15) is 28.1 Å². The summed E-state index contributed by atoms with van der Waals surface area (Å²) in [5, 5.41) is 11.4. The lowest BCUT2D eigenvalue weighted by Gasteiger charge is -2.14. The number of rotatable bonds is 5. The van der Waals surface area contributed by atoms with Crippen LogP contribution in [0.15, 0.2) is 39.9 Å². The van der Waals surface area contributed by atoms with Gasteiger partial charge in [-0.2, -0.15) is 18.4 Å². The second kappa shape index (κ2) is 8.35. The standard InChI is InChI=1S/C20H16ClF3N4O3/c1-11-12(2)28(9-14-4-3-5-31-14)18(15(11)7-25)26-17(29)10-27-8-13(20(22,23)24)6-16(21)19(27)30/h3-6,8H,9-10H2,1-2H3,(H,26,29). The molecule has 3 aromatic rings. The van der Waals surface area contributed by atoms with E-state index in [1.807, 2.05) is 6.07 Å². The van der Waals surface area contributed by atoms with Gasteiger partial charge in [0.05, 0.1) is 23.9 Å². The van der Waals surface area contributed by atoms with Gasteiger partial charge in [0.1, 0.15) is 29.2 Å². The summed E-state index contributed by atoms with van der Waals surface area (Å²) in [7, 11) is 0. The van der Waals surface area contributed by atoms with Crippen molar-refractivity contribution in [1.29, 1.82) is 5.26 Å². The van der Waals surface area contributed by atoms with Crippen LogP contribution < -0.4 is 10.9 Å². The Labute approximate surface area is 179 Å². The molecule has 31 heavy (non-hydrogen) atoms. The summed E-state index contributed by atoms with van der Waals surface area (Å²) in [6.07, 6.45) is -2.73. The minimum atomic E-state index is -4.74. The molecule has 0 aliphatic carbocycles. The molecule has 0 saturated carbocycles. The fourth-order valence-electron chi connectivity index (χ4n) is 3.08. The second-order valence-corrected chi connectivity index (χ2v) is 7.17. The van der Waals surface area contributed by atoms with Crippen LogP contribution >= 0.6 is 11.6 Å². The van der Waals surface area contributed by atoms with E-state index in [-0.39, 0.29) is 17.9 Å². The zero-order valence-electron chi connectivity index (χ0n) is 16.4. The highest BCUT2D eigenvalue weighted by molar-refractivity contribution is 6.30. The van der Waals surface area contributed by atoms with Gasteiger partial charge in [0.25, 0.3) is 5.56 Å². The highest BCUT2D eigenvalue weighted by Crippen LogP contribution is 2.30. The molecule has 0 aliphatic rings. The molecule has 11 heteroatoms. The molecular weight excluding hydrogens is 437 g/mol. The molecule has 0 spiro atoms. The van der Waals surface area contributed by atoms with Crippen LogP contribution in [-0.4, -0.2) is 15.0 Å². The lowest BCUT2D eigenvalue weighted by atomic mass is 10.2. The minimum Gasteiger partial charge on any atom is -0.467 e. The summed E-state index contributed by atoms with van der Waals surface area (Å²) >= 11 is 5.62. The first-order chi connectivity index (χ1) is 14.5. The third kappa shape index (κ3) is 4.51. The highest BCUT2D eigenvalue weighted by Gasteiger charge is 2.32. The molecule has 0 fully saturated rings. The third-order valence-electron chi connectivity index (χ3n) is 4.78. The van der Waals surface area contributed by atoms with Gasteiger partial charge in [0.2, 0.25) is 5.91 Å². The Morgan fingerprint density at radius 1 is 1.35 bits per heavy atom. The largest absolute Gasteiger partial charge is 0.467 e. The summed E-state index contributed by atoms with van der Waals surface area (Å²) in [6, 6.07) is 5.93. The number of carbonyl (C=O) groups excluding carboxylic acids is 1. The minimum absolute atomic E-state index is 0.157. The molecule has 0 aromatic carbocycles. The van der Waals surface area contributed by atoms with E-state index < -0.39 is 34.8 Å². The summed E-state index contributed by atoms with van der Waals surface area (Å²) in [5.74, 6) is -0.0730. The van der Waals surface area contributed by atoms with Crippen LogP contribution in [0.4, 0.5) is 19.0 Å². The van der Waals surface area contributed by atoms with E-state index in [9.17, 15) is 28.0 Å². The molecule has 0 atom stereocenters. The Bertz CT molecular complexity index is 1230. The van der Waals surface area contributed by atoms with Gasteiger partial charge in [-0.05, 0) is 37.6 Å². The molecule has 3 rings (SSSR count). The van der Waals surface area contributed by atoms with Crippen molar-refractivity contribution in [2.45, 2.75) is 33.1 Å². The number of nitrogens with zero attached hydrogens (tertiary/aromatic N) is 3. The molecule has 1 N–H and O–H groups in total. The number of alkyl halides is 3. The number of hydrogen-bond donors (Lipinski definition) is 1. The van der Waals surface area contributed by atoms with Gasteiger partial charge in [-0.1, -0.05) is 11.6 Å². The van der Waals surface area contributed by atoms with E-state index in [2.05, 4.69) is 5.32 Å². The first-order valence-corrected chi connectivity index (χ1v) is 9.30. The number of hydrogen-bond acceptors (Lipinski definition) is 4. The zero-order valence-corrected chi connectivity index (χ0v) is 17.1. The van der Waals surface area contributed by atoms with Gasteiger partial charge in [-0.15, -0.1) is 0 Å². The number of furan rings is 1. The van der Waals surface area contributed by atoms with Gasteiger partial charge >= 0.3 is 6.18 Å². The summed E-state index contributed by atoms with van der Waals surface area (Å²) in [6.45, 7) is 2.95. The van der Waals surface area contributed by atoms with Crippen LogP contribution in [0.2, 0.25) is 5.02 Å². The predicted molar refractivity (Wildman–Crippen MR) is 106 cm³/mol. The van der Waals surface area contributed by atoms with Gasteiger partial charge < -0.3 is 18.9 Å². The number of amides is 1. The third-order valence-corrected chi connectivity index (χ3v) is 5.05. The van der Waals surface area contributed by atoms with Crippen molar-refractivity contribution < 1.29 is 22.4 Å². The molecule has 0 radical (unpaired) electrons. The van der Waals surface area contributed by atoms with Gasteiger partial charge in [-0.25, -0.2) is 0 Å². The van der Waals surface area contributed by atoms with Crippen molar-refractivity contribution in [3.63, 3.8) is 0 Å². The van der Waals surface area contributed by atoms with E-state index in [0.29, 0.717) is 33.8 Å².